The zero-order valence-electron chi connectivity index (χ0n) is 13.1. The highest BCUT2D eigenvalue weighted by Crippen LogP contribution is 2.26. The van der Waals surface area contributed by atoms with Crippen molar-refractivity contribution in [3.63, 3.8) is 0 Å². The van der Waals surface area contributed by atoms with E-state index in [1.807, 2.05) is 39.8 Å². The summed E-state index contributed by atoms with van der Waals surface area (Å²) in [5.41, 5.74) is 8.49. The van der Waals surface area contributed by atoms with Gasteiger partial charge >= 0.3 is 0 Å². The number of hydrogen-bond donors (Lipinski definition) is 1. The van der Waals surface area contributed by atoms with Crippen molar-refractivity contribution in [2.24, 2.45) is 5.73 Å². The summed E-state index contributed by atoms with van der Waals surface area (Å²) in [4.78, 5) is 0.415. The summed E-state index contributed by atoms with van der Waals surface area (Å²) in [7, 11) is -3.51. The fourth-order valence-corrected chi connectivity index (χ4v) is 4.74. The number of aryl methyl sites for hydroxylation is 3. The molecule has 6 heteroatoms. The molecule has 0 aliphatic carbocycles. The monoisotopic (exact) mass is 312 g/mol. The Bertz CT molecular complexity index is 603. The number of nitrogens with two attached hydrogens (primary N) is 1. The van der Waals surface area contributed by atoms with Crippen LogP contribution in [0.2, 0.25) is 0 Å². The van der Waals surface area contributed by atoms with Crippen molar-refractivity contribution in [2.45, 2.75) is 44.7 Å². The smallest absolute Gasteiger partial charge is 0.243 e. The number of rotatable bonds is 3. The highest BCUT2D eigenvalue weighted by molar-refractivity contribution is 7.89. The Hall–Kier alpha value is -0.950. The maximum Gasteiger partial charge on any atom is 0.243 e. The van der Waals surface area contributed by atoms with Gasteiger partial charge in [-0.25, -0.2) is 8.42 Å². The Kier molecular flexibility index (Phi) is 4.72. The molecule has 118 valence electrons. The summed E-state index contributed by atoms with van der Waals surface area (Å²) in [6, 6.07) is 3.62. The minimum Gasteiger partial charge on any atom is -0.374 e. The van der Waals surface area contributed by atoms with E-state index in [1.165, 1.54) is 4.31 Å². The van der Waals surface area contributed by atoms with E-state index in [-0.39, 0.29) is 12.1 Å². The predicted molar refractivity (Wildman–Crippen MR) is 82.8 cm³/mol. The van der Waals surface area contributed by atoms with Gasteiger partial charge in [-0.2, -0.15) is 4.31 Å². The van der Waals surface area contributed by atoms with Crippen LogP contribution in [0.5, 0.6) is 0 Å². The number of nitrogens with zero attached hydrogens (tertiary/aromatic N) is 1. The van der Waals surface area contributed by atoms with Gasteiger partial charge in [-0.05, 0) is 38.8 Å². The lowest BCUT2D eigenvalue weighted by molar-refractivity contribution is -0.0120. The van der Waals surface area contributed by atoms with Crippen molar-refractivity contribution >= 4 is 10.0 Å². The van der Waals surface area contributed by atoms with Crippen LogP contribution in [-0.2, 0) is 14.8 Å². The Balaban J connectivity index is 2.39. The second-order valence-corrected chi connectivity index (χ2v) is 7.73. The van der Waals surface area contributed by atoms with Gasteiger partial charge in [0.25, 0.3) is 0 Å². The van der Waals surface area contributed by atoms with Crippen molar-refractivity contribution < 1.29 is 13.2 Å². The van der Waals surface area contributed by atoms with Crippen molar-refractivity contribution in [1.82, 2.24) is 4.31 Å². The quantitative estimate of drug-likeness (QED) is 0.914. The summed E-state index contributed by atoms with van der Waals surface area (Å²) >= 11 is 0. The van der Waals surface area contributed by atoms with Crippen LogP contribution < -0.4 is 5.73 Å². The third-order valence-electron chi connectivity index (χ3n) is 3.85. The van der Waals surface area contributed by atoms with Crippen LogP contribution in [0.4, 0.5) is 0 Å². The average Bonchev–Trinajstić information content (AvgIpc) is 2.37. The molecule has 0 amide bonds. The Morgan fingerprint density at radius 1 is 1.29 bits per heavy atom. The van der Waals surface area contributed by atoms with Crippen molar-refractivity contribution in [3.05, 3.63) is 28.8 Å². The highest BCUT2D eigenvalue weighted by atomic mass is 32.2. The van der Waals surface area contributed by atoms with Gasteiger partial charge in [-0.3, -0.25) is 0 Å². The molecule has 2 atom stereocenters. The van der Waals surface area contributed by atoms with Crippen molar-refractivity contribution in [3.8, 4) is 0 Å². The Labute approximate surface area is 127 Å². The third kappa shape index (κ3) is 3.29. The molecule has 2 N–H and O–H groups in total. The molecule has 5 nitrogen and oxygen atoms in total. The number of hydrogen-bond acceptors (Lipinski definition) is 4. The minimum atomic E-state index is -3.51. The van der Waals surface area contributed by atoms with Crippen LogP contribution in [-0.4, -0.2) is 44.6 Å². The first kappa shape index (κ1) is 16.4. The third-order valence-corrected chi connectivity index (χ3v) is 6.02. The van der Waals surface area contributed by atoms with Crippen LogP contribution in [0, 0.1) is 20.8 Å². The second kappa shape index (κ2) is 6.04. The predicted octanol–water partition coefficient (Wildman–Crippen LogP) is 1.35. The van der Waals surface area contributed by atoms with E-state index in [2.05, 4.69) is 0 Å². The standard InChI is InChI=1S/C15H24N2O3S/c1-10-7-11(2)15(12(3)8-10)21(18,19)17-5-6-20-14(9-17)13(4)16/h7-8,13-14H,5-6,9,16H2,1-4H3. The van der Waals surface area contributed by atoms with Gasteiger partial charge in [-0.15, -0.1) is 0 Å². The normalized spacial score (nSPS) is 22.2. The molecule has 0 saturated carbocycles. The average molecular weight is 312 g/mol. The first-order valence-corrected chi connectivity index (χ1v) is 8.62. The zero-order chi connectivity index (χ0) is 15.8. The van der Waals surface area contributed by atoms with Crippen LogP contribution in [0.1, 0.15) is 23.6 Å². The number of morpholine rings is 1. The van der Waals surface area contributed by atoms with Crippen LogP contribution >= 0.6 is 0 Å². The molecular formula is C15H24N2O3S. The van der Waals surface area contributed by atoms with Crippen LogP contribution in [0.25, 0.3) is 0 Å². The molecule has 2 rings (SSSR count). The van der Waals surface area contributed by atoms with Gasteiger partial charge in [0.1, 0.15) is 0 Å². The molecule has 1 aliphatic rings. The Morgan fingerprint density at radius 2 is 1.86 bits per heavy atom. The van der Waals surface area contributed by atoms with Gasteiger partial charge in [0, 0.05) is 19.1 Å². The molecule has 1 aromatic carbocycles. The fraction of sp³-hybridized carbons (Fsp3) is 0.600. The van der Waals surface area contributed by atoms with E-state index >= 15 is 0 Å². The zero-order valence-corrected chi connectivity index (χ0v) is 13.9. The van der Waals surface area contributed by atoms with Crippen molar-refractivity contribution in [1.29, 1.82) is 0 Å². The van der Waals surface area contributed by atoms with Gasteiger partial charge in [-0.1, -0.05) is 17.7 Å². The maximum absolute atomic E-state index is 12.9. The highest BCUT2D eigenvalue weighted by Gasteiger charge is 2.33. The summed E-state index contributed by atoms with van der Waals surface area (Å²) < 4.78 is 32.9. The van der Waals surface area contributed by atoms with Gasteiger partial charge in [0.05, 0.1) is 17.6 Å². The number of sulfonamides is 1. The summed E-state index contributed by atoms with van der Waals surface area (Å²) in [6.07, 6.45) is -0.250. The molecule has 1 aliphatic heterocycles. The first-order chi connectivity index (χ1) is 9.73. The second-order valence-electron chi connectivity index (χ2n) is 5.86. The maximum atomic E-state index is 12.9. The largest absolute Gasteiger partial charge is 0.374 e. The lowest BCUT2D eigenvalue weighted by Crippen LogP contribution is -2.51. The molecule has 2 unspecified atom stereocenters. The molecule has 0 radical (unpaired) electrons. The van der Waals surface area contributed by atoms with Gasteiger partial charge in [0.2, 0.25) is 10.0 Å². The van der Waals surface area contributed by atoms with E-state index in [1.54, 1.807) is 0 Å². The molecular weight excluding hydrogens is 288 g/mol. The van der Waals surface area contributed by atoms with Gasteiger partial charge < -0.3 is 10.5 Å². The lowest BCUT2D eigenvalue weighted by Gasteiger charge is -2.34. The summed E-state index contributed by atoms with van der Waals surface area (Å²) in [5.74, 6) is 0. The lowest BCUT2D eigenvalue weighted by atomic mass is 10.1. The van der Waals surface area contributed by atoms with E-state index in [4.69, 9.17) is 10.5 Å². The number of benzene rings is 1. The van der Waals surface area contributed by atoms with E-state index < -0.39 is 10.0 Å². The van der Waals surface area contributed by atoms with Crippen LogP contribution in [0.15, 0.2) is 17.0 Å². The van der Waals surface area contributed by atoms with E-state index in [0.29, 0.717) is 24.6 Å². The van der Waals surface area contributed by atoms with E-state index in [0.717, 1.165) is 16.7 Å². The number of ether oxygens (including phenoxy) is 1. The molecule has 0 bridgehead atoms. The van der Waals surface area contributed by atoms with Crippen molar-refractivity contribution in [2.75, 3.05) is 19.7 Å². The molecule has 21 heavy (non-hydrogen) atoms. The topological polar surface area (TPSA) is 72.6 Å². The molecule has 1 aromatic rings. The molecule has 1 fully saturated rings. The molecule has 1 saturated heterocycles. The van der Waals surface area contributed by atoms with Gasteiger partial charge in [0.15, 0.2) is 0 Å². The molecule has 1 heterocycles. The Morgan fingerprint density at radius 3 is 2.38 bits per heavy atom. The summed E-state index contributed by atoms with van der Waals surface area (Å²) in [5, 5.41) is 0. The SMILES string of the molecule is Cc1cc(C)c(S(=O)(=O)N2CCOC(C(C)N)C2)c(C)c1. The summed E-state index contributed by atoms with van der Waals surface area (Å²) in [6.45, 7) is 8.56. The molecule has 0 spiro atoms. The molecule has 0 aromatic heterocycles. The minimum absolute atomic E-state index is 0.191. The fourth-order valence-electron chi connectivity index (χ4n) is 2.89. The van der Waals surface area contributed by atoms with E-state index in [9.17, 15) is 8.42 Å². The van der Waals surface area contributed by atoms with Crippen LogP contribution in [0.3, 0.4) is 0 Å². The first-order valence-electron chi connectivity index (χ1n) is 7.18.